The average molecular weight is 520 g/mol. The summed E-state index contributed by atoms with van der Waals surface area (Å²) < 4.78 is 12.7. The van der Waals surface area contributed by atoms with Crippen molar-refractivity contribution in [2.75, 3.05) is 55.7 Å². The lowest BCUT2D eigenvalue weighted by atomic mass is 10.1. The Hall–Kier alpha value is -4.15. The van der Waals surface area contributed by atoms with E-state index in [4.69, 9.17) is 9.47 Å². The predicted molar refractivity (Wildman–Crippen MR) is 144 cm³/mol. The van der Waals surface area contributed by atoms with Crippen LogP contribution >= 0.6 is 0 Å². The Labute approximate surface area is 221 Å². The van der Waals surface area contributed by atoms with Gasteiger partial charge in [0.15, 0.2) is 0 Å². The van der Waals surface area contributed by atoms with E-state index in [1.54, 1.807) is 24.2 Å². The number of piperidine rings is 1. The third kappa shape index (κ3) is 5.71. The van der Waals surface area contributed by atoms with Crippen molar-refractivity contribution in [3.05, 3.63) is 59.3 Å². The van der Waals surface area contributed by atoms with Gasteiger partial charge in [0.05, 0.1) is 18.0 Å². The third-order valence-electron chi connectivity index (χ3n) is 7.04. The highest BCUT2D eigenvalue weighted by Crippen LogP contribution is 2.26. The Morgan fingerprint density at radius 2 is 1.61 bits per heavy atom. The average Bonchev–Trinajstić information content (AvgIpc) is 2.96. The lowest BCUT2D eigenvalue weighted by molar-refractivity contribution is 0.105. The SMILES string of the molecule is CCOC(=O)N1CCN(c2ccc(N3CCC(Oc4nc(-c5ccncn5)cc(=O)n4C)CC3)cc2)CC1. The number of aromatic nitrogens is 4. The molecular weight excluding hydrogens is 486 g/mol. The van der Waals surface area contributed by atoms with Gasteiger partial charge in [0.1, 0.15) is 12.4 Å². The third-order valence-corrected chi connectivity index (χ3v) is 7.04. The Bertz CT molecular complexity index is 1280. The summed E-state index contributed by atoms with van der Waals surface area (Å²) in [7, 11) is 1.67. The van der Waals surface area contributed by atoms with Crippen LogP contribution in [0.5, 0.6) is 6.01 Å². The van der Waals surface area contributed by atoms with Gasteiger partial charge < -0.3 is 24.2 Å². The van der Waals surface area contributed by atoms with Crippen molar-refractivity contribution in [2.24, 2.45) is 7.05 Å². The van der Waals surface area contributed by atoms with E-state index < -0.39 is 0 Å². The van der Waals surface area contributed by atoms with Gasteiger partial charge in [-0.3, -0.25) is 9.36 Å². The predicted octanol–water partition coefficient (Wildman–Crippen LogP) is 2.56. The first-order valence-electron chi connectivity index (χ1n) is 13.0. The maximum absolute atomic E-state index is 12.5. The normalized spacial score (nSPS) is 16.4. The number of carbonyl (C=O) groups is 1. The van der Waals surface area contributed by atoms with Gasteiger partial charge >= 0.3 is 6.09 Å². The lowest BCUT2D eigenvalue weighted by Gasteiger charge is -2.36. The molecule has 1 amide bonds. The molecule has 0 unspecified atom stereocenters. The smallest absolute Gasteiger partial charge is 0.409 e. The second-order valence-electron chi connectivity index (χ2n) is 9.41. The lowest BCUT2D eigenvalue weighted by Crippen LogP contribution is -2.49. The molecule has 38 heavy (non-hydrogen) atoms. The number of ether oxygens (including phenoxy) is 2. The van der Waals surface area contributed by atoms with Crippen LogP contribution in [0.25, 0.3) is 11.4 Å². The summed E-state index contributed by atoms with van der Waals surface area (Å²) in [5.41, 5.74) is 3.20. The second kappa shape index (κ2) is 11.5. The molecule has 2 aliphatic rings. The first kappa shape index (κ1) is 25.5. The van der Waals surface area contributed by atoms with Crippen LogP contribution in [0.2, 0.25) is 0 Å². The standard InChI is InChI=1S/C27H33N7O4/c1-3-37-27(36)34-16-14-33(15-17-34)21-6-4-20(5-7-21)32-12-9-22(10-13-32)38-26-30-24(18-25(35)31(26)2)23-8-11-28-19-29-23/h4-8,11,18-19,22H,3,9-10,12-17H2,1-2H3. The largest absolute Gasteiger partial charge is 0.461 e. The minimum absolute atomic E-state index is 0.0278. The second-order valence-corrected chi connectivity index (χ2v) is 9.41. The quantitative estimate of drug-likeness (QED) is 0.486. The number of carbonyl (C=O) groups excluding carboxylic acids is 1. The van der Waals surface area contributed by atoms with Crippen molar-refractivity contribution in [2.45, 2.75) is 25.9 Å². The molecule has 11 heteroatoms. The number of hydrogen-bond donors (Lipinski definition) is 0. The molecule has 4 heterocycles. The summed E-state index contributed by atoms with van der Waals surface area (Å²) in [6, 6.07) is 12.1. The zero-order chi connectivity index (χ0) is 26.5. The molecule has 0 spiro atoms. The van der Waals surface area contributed by atoms with Crippen LogP contribution in [0.4, 0.5) is 16.2 Å². The molecule has 0 N–H and O–H groups in total. The van der Waals surface area contributed by atoms with E-state index in [0.29, 0.717) is 37.1 Å². The Kier molecular flexibility index (Phi) is 7.71. The summed E-state index contributed by atoms with van der Waals surface area (Å²) >= 11 is 0. The van der Waals surface area contributed by atoms with E-state index in [2.05, 4.69) is 49.0 Å². The van der Waals surface area contributed by atoms with Gasteiger partial charge in [0, 0.05) is 82.8 Å². The fraction of sp³-hybridized carbons (Fsp3) is 0.444. The van der Waals surface area contributed by atoms with E-state index in [9.17, 15) is 9.59 Å². The van der Waals surface area contributed by atoms with Gasteiger partial charge in [-0.2, -0.15) is 4.98 Å². The van der Waals surface area contributed by atoms with Crippen LogP contribution in [0.3, 0.4) is 0 Å². The molecule has 0 aliphatic carbocycles. The fourth-order valence-corrected chi connectivity index (χ4v) is 4.81. The Morgan fingerprint density at radius 3 is 2.21 bits per heavy atom. The van der Waals surface area contributed by atoms with E-state index >= 15 is 0 Å². The molecule has 5 rings (SSSR count). The van der Waals surface area contributed by atoms with Crippen molar-refractivity contribution >= 4 is 17.5 Å². The molecule has 3 aromatic rings. The van der Waals surface area contributed by atoms with E-state index in [0.717, 1.165) is 44.7 Å². The van der Waals surface area contributed by atoms with Crippen molar-refractivity contribution in [1.82, 2.24) is 24.4 Å². The van der Waals surface area contributed by atoms with Gasteiger partial charge in [0.2, 0.25) is 0 Å². The molecule has 0 bridgehead atoms. The van der Waals surface area contributed by atoms with Gasteiger partial charge in [-0.1, -0.05) is 0 Å². The number of rotatable bonds is 6. The van der Waals surface area contributed by atoms with E-state index in [1.807, 2.05) is 6.92 Å². The molecule has 11 nitrogen and oxygen atoms in total. The number of anilines is 2. The number of hydrogen-bond acceptors (Lipinski definition) is 9. The summed E-state index contributed by atoms with van der Waals surface area (Å²) in [6.07, 6.45) is 4.45. The van der Waals surface area contributed by atoms with Crippen molar-refractivity contribution in [3.63, 3.8) is 0 Å². The molecule has 0 radical (unpaired) electrons. The van der Waals surface area contributed by atoms with E-state index in [1.165, 1.54) is 22.6 Å². The highest BCUT2D eigenvalue weighted by Gasteiger charge is 2.24. The van der Waals surface area contributed by atoms with Gasteiger partial charge in [-0.25, -0.2) is 14.8 Å². The van der Waals surface area contributed by atoms with Crippen molar-refractivity contribution in [3.8, 4) is 17.4 Å². The van der Waals surface area contributed by atoms with Crippen LogP contribution in [0, 0.1) is 0 Å². The monoisotopic (exact) mass is 519 g/mol. The maximum atomic E-state index is 12.5. The molecule has 2 fully saturated rings. The zero-order valence-corrected chi connectivity index (χ0v) is 21.8. The summed E-state index contributed by atoms with van der Waals surface area (Å²) in [6.45, 7) is 6.83. The topological polar surface area (TPSA) is 106 Å². The molecule has 2 saturated heterocycles. The highest BCUT2D eigenvalue weighted by atomic mass is 16.6. The Balaban J connectivity index is 1.16. The molecule has 2 aliphatic heterocycles. The van der Waals surface area contributed by atoms with Crippen LogP contribution in [0.15, 0.2) is 53.7 Å². The van der Waals surface area contributed by atoms with Gasteiger partial charge in [-0.05, 0) is 37.3 Å². The number of piperazine rings is 1. The Morgan fingerprint density at radius 1 is 0.947 bits per heavy atom. The first-order chi connectivity index (χ1) is 18.5. The maximum Gasteiger partial charge on any atom is 0.409 e. The molecular formula is C27H33N7O4. The van der Waals surface area contributed by atoms with Crippen molar-refractivity contribution < 1.29 is 14.3 Å². The minimum Gasteiger partial charge on any atom is -0.461 e. The summed E-state index contributed by atoms with van der Waals surface area (Å²) in [5.74, 6) is 0. The minimum atomic E-state index is -0.230. The van der Waals surface area contributed by atoms with Gasteiger partial charge in [-0.15, -0.1) is 0 Å². The van der Waals surface area contributed by atoms with Crippen LogP contribution < -0.4 is 20.1 Å². The van der Waals surface area contributed by atoms with Crippen molar-refractivity contribution in [1.29, 1.82) is 0 Å². The first-order valence-corrected chi connectivity index (χ1v) is 13.0. The highest BCUT2D eigenvalue weighted by molar-refractivity contribution is 5.68. The fourth-order valence-electron chi connectivity index (χ4n) is 4.81. The summed E-state index contributed by atoms with van der Waals surface area (Å²) in [4.78, 5) is 43.5. The molecule has 2 aromatic heterocycles. The molecule has 1 aromatic carbocycles. The van der Waals surface area contributed by atoms with Gasteiger partial charge in [0.25, 0.3) is 11.6 Å². The number of benzene rings is 1. The summed E-state index contributed by atoms with van der Waals surface area (Å²) in [5, 5.41) is 0. The zero-order valence-electron chi connectivity index (χ0n) is 21.8. The molecule has 200 valence electrons. The molecule has 0 saturated carbocycles. The number of amides is 1. The van der Waals surface area contributed by atoms with Crippen LogP contribution in [-0.2, 0) is 11.8 Å². The van der Waals surface area contributed by atoms with Crippen LogP contribution in [0.1, 0.15) is 19.8 Å². The number of nitrogens with zero attached hydrogens (tertiary/aromatic N) is 7. The van der Waals surface area contributed by atoms with E-state index in [-0.39, 0.29) is 17.8 Å². The molecule has 0 atom stereocenters. The van der Waals surface area contributed by atoms with Crippen LogP contribution in [-0.4, -0.2) is 82.5 Å².